The fourth-order valence-corrected chi connectivity index (χ4v) is 1.65. The lowest BCUT2D eigenvalue weighted by Gasteiger charge is -2.07. The summed E-state index contributed by atoms with van der Waals surface area (Å²) < 4.78 is 0. The molecule has 1 aromatic rings. The highest BCUT2D eigenvalue weighted by atomic mass is 16.4. The van der Waals surface area contributed by atoms with Crippen LogP contribution in [0.25, 0.3) is 0 Å². The molecule has 4 nitrogen and oxygen atoms in total. The van der Waals surface area contributed by atoms with Crippen LogP contribution in [0.5, 0.6) is 0 Å². The summed E-state index contributed by atoms with van der Waals surface area (Å²) in [4.78, 5) is 14.8. The molecule has 1 aliphatic rings. The Hall–Kier alpha value is -1.58. The average Bonchev–Trinajstić information content (AvgIpc) is 2.92. The molecule has 0 radical (unpaired) electrons. The summed E-state index contributed by atoms with van der Waals surface area (Å²) in [6.45, 7) is 3.04. The van der Waals surface area contributed by atoms with E-state index in [1.54, 1.807) is 6.20 Å². The van der Waals surface area contributed by atoms with Gasteiger partial charge in [0, 0.05) is 12.7 Å². The Bertz CT molecular complexity index is 379. The second kappa shape index (κ2) is 3.88. The normalized spacial score (nSPS) is 23.5. The largest absolute Gasteiger partial charge is 0.478 e. The maximum absolute atomic E-state index is 10.9. The molecular formula is C11H14N2O2. The third-order valence-corrected chi connectivity index (χ3v) is 2.88. The average molecular weight is 206 g/mol. The van der Waals surface area contributed by atoms with Gasteiger partial charge >= 0.3 is 5.97 Å². The van der Waals surface area contributed by atoms with Crippen LogP contribution in [0, 0.1) is 11.8 Å². The molecule has 1 aliphatic carbocycles. The Kier molecular flexibility index (Phi) is 2.58. The van der Waals surface area contributed by atoms with Gasteiger partial charge in [0.1, 0.15) is 0 Å². The topological polar surface area (TPSA) is 62.2 Å². The molecule has 2 rings (SSSR count). The predicted octanol–water partition coefficient (Wildman–Crippen LogP) is 1.85. The highest BCUT2D eigenvalue weighted by Crippen LogP contribution is 2.37. The number of hydrogen-bond donors (Lipinski definition) is 2. The molecule has 15 heavy (non-hydrogen) atoms. The third-order valence-electron chi connectivity index (χ3n) is 2.88. The van der Waals surface area contributed by atoms with Crippen LogP contribution in [-0.2, 0) is 0 Å². The van der Waals surface area contributed by atoms with E-state index < -0.39 is 5.97 Å². The third kappa shape index (κ3) is 2.26. The van der Waals surface area contributed by atoms with Gasteiger partial charge in [0.15, 0.2) is 0 Å². The summed E-state index contributed by atoms with van der Waals surface area (Å²) in [6, 6.07) is 1.51. The molecule has 0 spiro atoms. The van der Waals surface area contributed by atoms with Crippen LogP contribution in [-0.4, -0.2) is 22.6 Å². The van der Waals surface area contributed by atoms with Crippen LogP contribution in [0.2, 0.25) is 0 Å². The van der Waals surface area contributed by atoms with Gasteiger partial charge in [0.2, 0.25) is 0 Å². The van der Waals surface area contributed by atoms with Gasteiger partial charge in [-0.3, -0.25) is 4.98 Å². The van der Waals surface area contributed by atoms with Gasteiger partial charge in [-0.1, -0.05) is 6.92 Å². The first kappa shape index (κ1) is 9.96. The number of pyridine rings is 1. The number of carboxylic acid groups (broad SMARTS) is 1. The number of aromatic carboxylic acids is 1. The molecule has 2 atom stereocenters. The lowest BCUT2D eigenvalue weighted by Crippen LogP contribution is -2.09. The van der Waals surface area contributed by atoms with Crippen molar-refractivity contribution >= 4 is 11.7 Å². The lowest BCUT2D eigenvalue weighted by atomic mass is 10.2. The van der Waals surface area contributed by atoms with Crippen molar-refractivity contribution in [2.24, 2.45) is 11.8 Å². The number of rotatable bonds is 4. The van der Waals surface area contributed by atoms with Crippen LogP contribution in [0.15, 0.2) is 18.5 Å². The Balaban J connectivity index is 2.03. The predicted molar refractivity (Wildman–Crippen MR) is 57.0 cm³/mol. The summed E-state index contributed by atoms with van der Waals surface area (Å²) in [7, 11) is 0. The first-order valence-electron chi connectivity index (χ1n) is 5.09. The Morgan fingerprint density at radius 2 is 2.47 bits per heavy atom. The van der Waals surface area contributed by atoms with Gasteiger partial charge in [-0.25, -0.2) is 4.79 Å². The minimum atomic E-state index is -0.913. The molecule has 2 unspecified atom stereocenters. The van der Waals surface area contributed by atoms with Crippen LogP contribution in [0.4, 0.5) is 5.69 Å². The second-order valence-corrected chi connectivity index (χ2v) is 4.08. The van der Waals surface area contributed by atoms with E-state index in [-0.39, 0.29) is 0 Å². The van der Waals surface area contributed by atoms with Crippen LogP contribution >= 0.6 is 0 Å². The van der Waals surface area contributed by atoms with E-state index in [4.69, 9.17) is 5.11 Å². The molecule has 0 saturated heterocycles. The quantitative estimate of drug-likeness (QED) is 0.789. The van der Waals surface area contributed by atoms with Crippen molar-refractivity contribution in [1.82, 2.24) is 4.98 Å². The van der Waals surface area contributed by atoms with Crippen molar-refractivity contribution < 1.29 is 9.90 Å². The molecular weight excluding hydrogens is 192 g/mol. The highest BCUT2D eigenvalue weighted by molar-refractivity contribution is 5.93. The standard InChI is InChI=1S/C11H14N2O2/c1-7-4-8(7)5-13-10-6-12-3-2-9(10)11(14)15/h2-3,6-8,13H,4-5H2,1H3,(H,14,15). The minimum absolute atomic E-state index is 0.290. The first-order chi connectivity index (χ1) is 7.18. The number of carbonyl (C=O) groups is 1. The highest BCUT2D eigenvalue weighted by Gasteiger charge is 2.32. The molecule has 1 fully saturated rings. The molecule has 1 aromatic heterocycles. The van der Waals surface area contributed by atoms with Gasteiger partial charge in [0.05, 0.1) is 17.4 Å². The molecule has 2 N–H and O–H groups in total. The number of carboxylic acids is 1. The van der Waals surface area contributed by atoms with E-state index in [2.05, 4.69) is 17.2 Å². The van der Waals surface area contributed by atoms with Crippen molar-refractivity contribution in [2.45, 2.75) is 13.3 Å². The monoisotopic (exact) mass is 206 g/mol. The summed E-state index contributed by atoms with van der Waals surface area (Å²) >= 11 is 0. The van der Waals surface area contributed by atoms with E-state index in [0.717, 1.165) is 12.5 Å². The van der Waals surface area contributed by atoms with E-state index in [9.17, 15) is 4.79 Å². The molecule has 4 heteroatoms. The molecule has 1 heterocycles. The fraction of sp³-hybridized carbons (Fsp3) is 0.455. The van der Waals surface area contributed by atoms with Gasteiger partial charge in [-0.15, -0.1) is 0 Å². The van der Waals surface area contributed by atoms with Gasteiger partial charge in [0.25, 0.3) is 0 Å². The smallest absolute Gasteiger partial charge is 0.337 e. The van der Waals surface area contributed by atoms with Crippen LogP contribution in [0.3, 0.4) is 0 Å². The Morgan fingerprint density at radius 1 is 1.73 bits per heavy atom. The van der Waals surface area contributed by atoms with Crippen LogP contribution in [0.1, 0.15) is 23.7 Å². The SMILES string of the molecule is CC1CC1CNc1cnccc1C(=O)O. The number of anilines is 1. The lowest BCUT2D eigenvalue weighted by molar-refractivity contribution is 0.0698. The molecule has 0 aliphatic heterocycles. The van der Waals surface area contributed by atoms with Crippen molar-refractivity contribution in [2.75, 3.05) is 11.9 Å². The zero-order chi connectivity index (χ0) is 10.8. The van der Waals surface area contributed by atoms with Gasteiger partial charge < -0.3 is 10.4 Å². The van der Waals surface area contributed by atoms with E-state index in [1.807, 2.05) is 0 Å². The van der Waals surface area contributed by atoms with Gasteiger partial charge in [-0.2, -0.15) is 0 Å². The van der Waals surface area contributed by atoms with Gasteiger partial charge in [-0.05, 0) is 24.3 Å². The number of nitrogens with one attached hydrogen (secondary N) is 1. The van der Waals surface area contributed by atoms with Crippen molar-refractivity contribution in [1.29, 1.82) is 0 Å². The van der Waals surface area contributed by atoms with Crippen molar-refractivity contribution in [3.8, 4) is 0 Å². The minimum Gasteiger partial charge on any atom is -0.478 e. The first-order valence-corrected chi connectivity index (χ1v) is 5.09. The van der Waals surface area contributed by atoms with E-state index >= 15 is 0 Å². The zero-order valence-electron chi connectivity index (χ0n) is 8.60. The Labute approximate surface area is 88.3 Å². The zero-order valence-corrected chi connectivity index (χ0v) is 8.60. The van der Waals surface area contributed by atoms with E-state index in [0.29, 0.717) is 17.2 Å². The second-order valence-electron chi connectivity index (χ2n) is 4.08. The molecule has 0 aromatic carbocycles. The number of aromatic nitrogens is 1. The molecule has 1 saturated carbocycles. The van der Waals surface area contributed by atoms with E-state index in [1.165, 1.54) is 18.7 Å². The summed E-state index contributed by atoms with van der Waals surface area (Å²) in [5.41, 5.74) is 0.905. The molecule has 0 bridgehead atoms. The summed E-state index contributed by atoms with van der Waals surface area (Å²) in [5, 5.41) is 12.1. The van der Waals surface area contributed by atoms with Crippen molar-refractivity contribution in [3.05, 3.63) is 24.0 Å². The van der Waals surface area contributed by atoms with Crippen molar-refractivity contribution in [3.63, 3.8) is 0 Å². The maximum Gasteiger partial charge on any atom is 0.337 e. The summed E-state index contributed by atoms with van der Waals surface area (Å²) in [6.07, 6.45) is 4.29. The van der Waals surface area contributed by atoms with Crippen LogP contribution < -0.4 is 5.32 Å². The fourth-order valence-electron chi connectivity index (χ4n) is 1.65. The maximum atomic E-state index is 10.9. The number of hydrogen-bond acceptors (Lipinski definition) is 3. The molecule has 80 valence electrons. The Morgan fingerprint density at radius 3 is 3.07 bits per heavy atom. The summed E-state index contributed by atoms with van der Waals surface area (Å²) in [5.74, 6) is 0.540. The molecule has 0 amide bonds. The number of nitrogens with zero attached hydrogens (tertiary/aromatic N) is 1.